The van der Waals surface area contributed by atoms with Crippen LogP contribution in [0.25, 0.3) is 10.6 Å². The zero-order valence-corrected chi connectivity index (χ0v) is 13.5. The van der Waals surface area contributed by atoms with Crippen LogP contribution in [0.4, 0.5) is 5.95 Å². The Morgan fingerprint density at radius 2 is 1.65 bits per heavy atom. The Balaban J connectivity index is 1.63. The van der Waals surface area contributed by atoms with Crippen LogP contribution >= 0.6 is 23.8 Å². The number of carbonyl (C=O) groups excluding carboxylic acids is 1. The molecule has 0 bridgehead atoms. The van der Waals surface area contributed by atoms with Crippen molar-refractivity contribution < 1.29 is 4.79 Å². The van der Waals surface area contributed by atoms with Crippen LogP contribution in [0.1, 0.15) is 10.4 Å². The van der Waals surface area contributed by atoms with Gasteiger partial charge in [0, 0.05) is 11.1 Å². The van der Waals surface area contributed by atoms with Gasteiger partial charge < -0.3 is 5.32 Å². The molecule has 0 aliphatic rings. The second-order valence-corrected chi connectivity index (χ2v) is 5.72. The van der Waals surface area contributed by atoms with Crippen LogP contribution in [0.3, 0.4) is 0 Å². The Bertz CT molecular complexity index is 818. The van der Waals surface area contributed by atoms with Crippen LogP contribution in [0, 0.1) is 0 Å². The molecule has 1 amide bonds. The largest absolute Gasteiger partial charge is 0.300 e. The van der Waals surface area contributed by atoms with Gasteiger partial charge in [0.15, 0.2) is 5.11 Å². The average molecular weight is 340 g/mol. The first-order valence-corrected chi connectivity index (χ1v) is 7.97. The molecule has 3 rings (SSSR count). The van der Waals surface area contributed by atoms with Crippen molar-refractivity contribution in [1.82, 2.24) is 14.7 Å². The number of anilines is 1. The number of rotatable bonds is 3. The molecule has 2 N–H and O–H groups in total. The quantitative estimate of drug-likeness (QED) is 0.716. The van der Waals surface area contributed by atoms with Gasteiger partial charge in [-0.15, -0.1) is 0 Å². The number of carbonyl (C=O) groups is 1. The van der Waals surface area contributed by atoms with Crippen molar-refractivity contribution in [3.05, 3.63) is 66.2 Å². The molecule has 0 radical (unpaired) electrons. The number of nitrogens with one attached hydrogen (secondary N) is 2. The van der Waals surface area contributed by atoms with Crippen molar-refractivity contribution >= 4 is 40.7 Å². The van der Waals surface area contributed by atoms with E-state index in [2.05, 4.69) is 20.0 Å². The number of amides is 1. The Morgan fingerprint density at radius 3 is 2.35 bits per heavy atom. The highest BCUT2D eigenvalue weighted by atomic mass is 32.1. The maximum absolute atomic E-state index is 12.0. The first-order chi connectivity index (χ1) is 11.2. The predicted molar refractivity (Wildman–Crippen MR) is 95.5 cm³/mol. The summed E-state index contributed by atoms with van der Waals surface area (Å²) in [4.78, 5) is 16.4. The van der Waals surface area contributed by atoms with E-state index < -0.39 is 0 Å². The first kappa shape index (κ1) is 15.3. The normalized spacial score (nSPS) is 10.1. The van der Waals surface area contributed by atoms with Crippen molar-refractivity contribution in [2.75, 3.05) is 5.32 Å². The molecule has 23 heavy (non-hydrogen) atoms. The minimum absolute atomic E-state index is 0.163. The Hall–Kier alpha value is -2.64. The van der Waals surface area contributed by atoms with Gasteiger partial charge in [0.05, 0.1) is 0 Å². The SMILES string of the molecule is O=C(NC(=S)Nc1nsc(-c2ccccc2)n1)c1ccccc1. The van der Waals surface area contributed by atoms with Gasteiger partial charge in [-0.25, -0.2) is 0 Å². The zero-order chi connectivity index (χ0) is 16.1. The molecular formula is C16H12N4OS2. The minimum Gasteiger partial charge on any atom is -0.300 e. The van der Waals surface area contributed by atoms with E-state index >= 15 is 0 Å². The fourth-order valence-corrected chi connectivity index (χ4v) is 2.68. The molecule has 0 saturated carbocycles. The molecule has 0 atom stereocenters. The van der Waals surface area contributed by atoms with Crippen molar-refractivity contribution in [3.8, 4) is 10.6 Å². The lowest BCUT2D eigenvalue weighted by atomic mass is 10.2. The molecule has 0 fully saturated rings. The van der Waals surface area contributed by atoms with E-state index in [0.717, 1.165) is 10.6 Å². The molecule has 3 aromatic rings. The first-order valence-electron chi connectivity index (χ1n) is 6.79. The minimum atomic E-state index is -0.276. The van der Waals surface area contributed by atoms with Gasteiger partial charge in [0.2, 0.25) is 5.95 Å². The molecule has 1 aromatic heterocycles. The number of nitrogens with zero attached hydrogens (tertiary/aromatic N) is 2. The summed E-state index contributed by atoms with van der Waals surface area (Å²) in [5, 5.41) is 6.37. The summed E-state index contributed by atoms with van der Waals surface area (Å²) in [6, 6.07) is 18.6. The summed E-state index contributed by atoms with van der Waals surface area (Å²) >= 11 is 6.38. The highest BCUT2D eigenvalue weighted by Crippen LogP contribution is 2.22. The number of hydrogen-bond acceptors (Lipinski definition) is 5. The molecule has 0 aliphatic carbocycles. The Labute approximate surface area is 142 Å². The zero-order valence-electron chi connectivity index (χ0n) is 11.9. The molecule has 114 valence electrons. The van der Waals surface area contributed by atoms with Gasteiger partial charge in [-0.05, 0) is 35.9 Å². The number of thiocarbonyl (C=S) groups is 1. The van der Waals surface area contributed by atoms with Crippen molar-refractivity contribution in [2.45, 2.75) is 0 Å². The fraction of sp³-hybridized carbons (Fsp3) is 0. The van der Waals surface area contributed by atoms with E-state index in [-0.39, 0.29) is 11.0 Å². The summed E-state index contributed by atoms with van der Waals surface area (Å²) in [5.74, 6) is 0.0915. The third kappa shape index (κ3) is 3.97. The third-order valence-electron chi connectivity index (χ3n) is 2.94. The van der Waals surface area contributed by atoms with Crippen LogP contribution in [0.5, 0.6) is 0 Å². The lowest BCUT2D eigenvalue weighted by molar-refractivity contribution is 0.0977. The van der Waals surface area contributed by atoms with Gasteiger partial charge in [0.1, 0.15) is 5.01 Å². The second kappa shape index (κ2) is 7.08. The van der Waals surface area contributed by atoms with E-state index in [4.69, 9.17) is 12.2 Å². The van der Waals surface area contributed by atoms with Crippen molar-refractivity contribution in [1.29, 1.82) is 0 Å². The van der Waals surface area contributed by atoms with E-state index in [1.54, 1.807) is 24.3 Å². The average Bonchev–Trinajstić information content (AvgIpc) is 3.04. The Morgan fingerprint density at radius 1 is 1.00 bits per heavy atom. The number of benzene rings is 2. The standard InChI is InChI=1S/C16H12N4OS2/c21-13(11-7-3-1-4-8-11)17-16(22)19-15-18-14(23-20-15)12-9-5-2-6-10-12/h1-10H,(H2,17,19,20,21,22). The highest BCUT2D eigenvalue weighted by molar-refractivity contribution is 7.80. The molecule has 0 spiro atoms. The second-order valence-electron chi connectivity index (χ2n) is 4.56. The molecule has 7 heteroatoms. The fourth-order valence-electron chi connectivity index (χ4n) is 1.87. The topological polar surface area (TPSA) is 66.9 Å². The molecule has 0 unspecified atom stereocenters. The van der Waals surface area contributed by atoms with E-state index in [1.807, 2.05) is 36.4 Å². The maximum atomic E-state index is 12.0. The van der Waals surface area contributed by atoms with E-state index in [9.17, 15) is 4.79 Å². The summed E-state index contributed by atoms with van der Waals surface area (Å²) < 4.78 is 4.19. The Kier molecular flexibility index (Phi) is 4.70. The third-order valence-corrected chi connectivity index (χ3v) is 3.90. The van der Waals surface area contributed by atoms with Crippen LogP contribution in [0.2, 0.25) is 0 Å². The predicted octanol–water partition coefficient (Wildman–Crippen LogP) is 3.33. The lowest BCUT2D eigenvalue weighted by Crippen LogP contribution is -2.34. The highest BCUT2D eigenvalue weighted by Gasteiger charge is 2.10. The van der Waals surface area contributed by atoms with Gasteiger partial charge in [-0.3, -0.25) is 10.1 Å². The molecule has 0 aliphatic heterocycles. The van der Waals surface area contributed by atoms with Crippen molar-refractivity contribution in [3.63, 3.8) is 0 Å². The van der Waals surface area contributed by atoms with Gasteiger partial charge in [-0.2, -0.15) is 9.36 Å². The lowest BCUT2D eigenvalue weighted by Gasteiger charge is -2.06. The van der Waals surface area contributed by atoms with Gasteiger partial charge in [-0.1, -0.05) is 48.5 Å². The summed E-state index contributed by atoms with van der Waals surface area (Å²) in [5.41, 5.74) is 1.52. The summed E-state index contributed by atoms with van der Waals surface area (Å²) in [6.45, 7) is 0. The number of hydrogen-bond donors (Lipinski definition) is 2. The molecule has 2 aromatic carbocycles. The summed E-state index contributed by atoms with van der Waals surface area (Å²) in [6.07, 6.45) is 0. The molecular weight excluding hydrogens is 328 g/mol. The van der Waals surface area contributed by atoms with Crippen LogP contribution in [0.15, 0.2) is 60.7 Å². The molecule has 1 heterocycles. The van der Waals surface area contributed by atoms with E-state index in [1.165, 1.54) is 11.5 Å². The number of aromatic nitrogens is 2. The monoisotopic (exact) mass is 340 g/mol. The molecule has 5 nitrogen and oxygen atoms in total. The summed E-state index contributed by atoms with van der Waals surface area (Å²) in [7, 11) is 0. The smallest absolute Gasteiger partial charge is 0.257 e. The van der Waals surface area contributed by atoms with Crippen LogP contribution in [-0.2, 0) is 0 Å². The van der Waals surface area contributed by atoms with Crippen LogP contribution < -0.4 is 10.6 Å². The van der Waals surface area contributed by atoms with Gasteiger partial charge in [0.25, 0.3) is 5.91 Å². The van der Waals surface area contributed by atoms with Gasteiger partial charge >= 0.3 is 0 Å². The van der Waals surface area contributed by atoms with Crippen molar-refractivity contribution in [2.24, 2.45) is 0 Å². The van der Waals surface area contributed by atoms with E-state index in [0.29, 0.717) is 11.5 Å². The molecule has 0 saturated heterocycles. The van der Waals surface area contributed by atoms with Crippen LogP contribution in [-0.4, -0.2) is 20.4 Å². The maximum Gasteiger partial charge on any atom is 0.257 e.